The first kappa shape index (κ1) is 20.6. The standard InChI is InChI=1S/C22H29NO4/c1-4-5-6-7-16-26-20-10-8-18(9-11-20)23-22(24)17(2)27-21-14-12-19(25-3)13-15-21/h8-15,17H,4-7,16H2,1-3H3,(H,23,24)/t17-/m0/s1. The van der Waals surface area contributed by atoms with Crippen molar-refractivity contribution >= 4 is 11.6 Å². The van der Waals surface area contributed by atoms with E-state index in [1.54, 1.807) is 38.3 Å². The van der Waals surface area contributed by atoms with Gasteiger partial charge in [0, 0.05) is 5.69 Å². The zero-order valence-electron chi connectivity index (χ0n) is 16.4. The third-order valence-corrected chi connectivity index (χ3v) is 4.13. The first-order valence-electron chi connectivity index (χ1n) is 9.46. The maximum absolute atomic E-state index is 12.3. The first-order chi connectivity index (χ1) is 13.1. The maximum Gasteiger partial charge on any atom is 0.265 e. The molecule has 2 rings (SSSR count). The highest BCUT2D eigenvalue weighted by Crippen LogP contribution is 2.19. The van der Waals surface area contributed by atoms with E-state index < -0.39 is 6.10 Å². The molecule has 5 heteroatoms. The van der Waals surface area contributed by atoms with E-state index in [2.05, 4.69) is 12.2 Å². The van der Waals surface area contributed by atoms with Gasteiger partial charge in [-0.3, -0.25) is 4.79 Å². The lowest BCUT2D eigenvalue weighted by molar-refractivity contribution is -0.122. The molecule has 1 N–H and O–H groups in total. The van der Waals surface area contributed by atoms with Crippen LogP contribution in [0.3, 0.4) is 0 Å². The number of amides is 1. The number of benzene rings is 2. The molecule has 0 aliphatic heterocycles. The Kier molecular flexibility index (Phi) is 8.49. The molecule has 0 fully saturated rings. The third-order valence-electron chi connectivity index (χ3n) is 4.13. The van der Waals surface area contributed by atoms with Crippen molar-refractivity contribution in [3.05, 3.63) is 48.5 Å². The Bertz CT molecular complexity index is 682. The second-order valence-corrected chi connectivity index (χ2v) is 6.36. The van der Waals surface area contributed by atoms with Gasteiger partial charge in [-0.05, 0) is 61.9 Å². The zero-order valence-corrected chi connectivity index (χ0v) is 16.4. The van der Waals surface area contributed by atoms with Crippen molar-refractivity contribution in [1.29, 1.82) is 0 Å². The quantitative estimate of drug-likeness (QED) is 0.561. The van der Waals surface area contributed by atoms with Crippen molar-refractivity contribution in [3.63, 3.8) is 0 Å². The van der Waals surface area contributed by atoms with Gasteiger partial charge in [0.15, 0.2) is 6.10 Å². The predicted molar refractivity (Wildman–Crippen MR) is 108 cm³/mol. The summed E-state index contributed by atoms with van der Waals surface area (Å²) in [7, 11) is 1.61. The molecular formula is C22H29NO4. The van der Waals surface area contributed by atoms with Crippen LogP contribution in [0.2, 0.25) is 0 Å². The Morgan fingerprint density at radius 2 is 1.56 bits per heavy atom. The van der Waals surface area contributed by atoms with Crippen molar-refractivity contribution in [2.45, 2.75) is 45.6 Å². The molecule has 146 valence electrons. The summed E-state index contributed by atoms with van der Waals surface area (Å²) in [4.78, 5) is 12.3. The van der Waals surface area contributed by atoms with Gasteiger partial charge in [0.05, 0.1) is 13.7 Å². The van der Waals surface area contributed by atoms with Gasteiger partial charge in [0.25, 0.3) is 5.91 Å². The minimum atomic E-state index is -0.618. The predicted octanol–water partition coefficient (Wildman–Crippen LogP) is 5.06. The van der Waals surface area contributed by atoms with E-state index in [9.17, 15) is 4.79 Å². The van der Waals surface area contributed by atoms with E-state index in [1.165, 1.54) is 19.3 Å². The van der Waals surface area contributed by atoms with Crippen molar-refractivity contribution in [2.75, 3.05) is 19.0 Å². The smallest absolute Gasteiger partial charge is 0.265 e. The van der Waals surface area contributed by atoms with Crippen LogP contribution in [-0.4, -0.2) is 25.7 Å². The van der Waals surface area contributed by atoms with Gasteiger partial charge in [-0.15, -0.1) is 0 Å². The van der Waals surface area contributed by atoms with E-state index in [4.69, 9.17) is 14.2 Å². The molecule has 0 aromatic heterocycles. The van der Waals surface area contributed by atoms with Crippen LogP contribution >= 0.6 is 0 Å². The lowest BCUT2D eigenvalue weighted by Crippen LogP contribution is -2.30. The number of hydrogen-bond acceptors (Lipinski definition) is 4. The zero-order chi connectivity index (χ0) is 19.5. The number of hydrogen-bond donors (Lipinski definition) is 1. The molecule has 5 nitrogen and oxygen atoms in total. The summed E-state index contributed by atoms with van der Waals surface area (Å²) >= 11 is 0. The topological polar surface area (TPSA) is 56.8 Å². The van der Waals surface area contributed by atoms with Crippen LogP contribution in [0, 0.1) is 0 Å². The van der Waals surface area contributed by atoms with Crippen molar-refractivity contribution in [3.8, 4) is 17.2 Å². The summed E-state index contributed by atoms with van der Waals surface area (Å²) < 4.78 is 16.5. The molecule has 0 radical (unpaired) electrons. The SMILES string of the molecule is CCCCCCOc1ccc(NC(=O)[C@H](C)Oc2ccc(OC)cc2)cc1. The normalized spacial score (nSPS) is 11.5. The second kappa shape index (κ2) is 11.1. The summed E-state index contributed by atoms with van der Waals surface area (Å²) in [6.45, 7) is 4.63. The highest BCUT2D eigenvalue weighted by molar-refractivity contribution is 5.94. The average Bonchev–Trinajstić information content (AvgIpc) is 2.69. The van der Waals surface area contributed by atoms with Crippen molar-refractivity contribution in [1.82, 2.24) is 0 Å². The summed E-state index contributed by atoms with van der Waals surface area (Å²) in [6.07, 6.45) is 4.09. The molecule has 0 bridgehead atoms. The molecule has 1 atom stereocenters. The molecular weight excluding hydrogens is 342 g/mol. The molecule has 0 saturated carbocycles. The number of carbonyl (C=O) groups excluding carboxylic acids is 1. The van der Waals surface area contributed by atoms with Gasteiger partial charge in [-0.25, -0.2) is 0 Å². The van der Waals surface area contributed by atoms with Crippen molar-refractivity contribution in [2.24, 2.45) is 0 Å². The van der Waals surface area contributed by atoms with E-state index in [1.807, 2.05) is 24.3 Å². The number of anilines is 1. The van der Waals surface area contributed by atoms with Crippen LogP contribution in [0.1, 0.15) is 39.5 Å². The largest absolute Gasteiger partial charge is 0.497 e. The third kappa shape index (κ3) is 7.21. The Morgan fingerprint density at radius 3 is 2.19 bits per heavy atom. The van der Waals surface area contributed by atoms with Crippen molar-refractivity contribution < 1.29 is 19.0 Å². The molecule has 0 spiro atoms. The molecule has 27 heavy (non-hydrogen) atoms. The van der Waals surface area contributed by atoms with Gasteiger partial charge in [0.2, 0.25) is 0 Å². The maximum atomic E-state index is 12.3. The lowest BCUT2D eigenvalue weighted by Gasteiger charge is -2.15. The molecule has 2 aromatic rings. The Hall–Kier alpha value is -2.69. The Labute approximate surface area is 161 Å². The van der Waals surface area contributed by atoms with Crippen LogP contribution in [0.25, 0.3) is 0 Å². The summed E-state index contributed by atoms with van der Waals surface area (Å²) in [5.74, 6) is 1.96. The molecule has 1 amide bonds. The summed E-state index contributed by atoms with van der Waals surface area (Å²) in [5, 5.41) is 2.85. The summed E-state index contributed by atoms with van der Waals surface area (Å²) in [5.41, 5.74) is 0.712. The molecule has 0 unspecified atom stereocenters. The van der Waals surface area contributed by atoms with Crippen LogP contribution in [-0.2, 0) is 4.79 Å². The van der Waals surface area contributed by atoms with E-state index in [-0.39, 0.29) is 5.91 Å². The van der Waals surface area contributed by atoms with Gasteiger partial charge < -0.3 is 19.5 Å². The molecule has 0 aliphatic carbocycles. The fraction of sp³-hybridized carbons (Fsp3) is 0.409. The van der Waals surface area contributed by atoms with Gasteiger partial charge in [-0.2, -0.15) is 0 Å². The first-order valence-corrected chi connectivity index (χ1v) is 9.46. The number of unbranched alkanes of at least 4 members (excludes halogenated alkanes) is 3. The van der Waals surface area contributed by atoms with Gasteiger partial charge >= 0.3 is 0 Å². The lowest BCUT2D eigenvalue weighted by atomic mass is 10.2. The van der Waals surface area contributed by atoms with Crippen LogP contribution in [0.4, 0.5) is 5.69 Å². The van der Waals surface area contributed by atoms with Crippen LogP contribution in [0.15, 0.2) is 48.5 Å². The molecule has 0 aliphatic rings. The highest BCUT2D eigenvalue weighted by atomic mass is 16.5. The Balaban J connectivity index is 1.78. The number of rotatable bonds is 11. The van der Waals surface area contributed by atoms with Gasteiger partial charge in [0.1, 0.15) is 17.2 Å². The van der Waals surface area contributed by atoms with E-state index in [0.29, 0.717) is 11.4 Å². The highest BCUT2D eigenvalue weighted by Gasteiger charge is 2.15. The Morgan fingerprint density at radius 1 is 0.926 bits per heavy atom. The fourth-order valence-electron chi connectivity index (χ4n) is 2.51. The molecule has 0 saturated heterocycles. The minimum Gasteiger partial charge on any atom is -0.497 e. The second-order valence-electron chi connectivity index (χ2n) is 6.36. The molecule has 2 aromatic carbocycles. The number of nitrogens with one attached hydrogen (secondary N) is 1. The number of methoxy groups -OCH3 is 1. The minimum absolute atomic E-state index is 0.209. The van der Waals surface area contributed by atoms with Crippen LogP contribution < -0.4 is 19.5 Å². The van der Waals surface area contributed by atoms with Gasteiger partial charge in [-0.1, -0.05) is 26.2 Å². The summed E-state index contributed by atoms with van der Waals surface area (Å²) in [6, 6.07) is 14.5. The van der Waals surface area contributed by atoms with E-state index in [0.717, 1.165) is 24.5 Å². The van der Waals surface area contributed by atoms with Crippen LogP contribution in [0.5, 0.6) is 17.2 Å². The molecule has 0 heterocycles. The monoisotopic (exact) mass is 371 g/mol. The average molecular weight is 371 g/mol. The fourth-order valence-corrected chi connectivity index (χ4v) is 2.51. The van der Waals surface area contributed by atoms with E-state index >= 15 is 0 Å². The number of ether oxygens (including phenoxy) is 3. The number of carbonyl (C=O) groups is 1.